The maximum Gasteiger partial charge on any atom is 0.407 e. The lowest BCUT2D eigenvalue weighted by atomic mass is 9.49. The molecule has 16 heteroatoms. The Kier molecular flexibility index (Phi) is 17.2. The molecule has 0 aromatic heterocycles. The first-order chi connectivity index (χ1) is 35.1. The number of phenols is 1. The largest absolute Gasteiger partial charge is 0.508 e. The lowest BCUT2D eigenvalue weighted by Gasteiger charge is -2.56. The van der Waals surface area contributed by atoms with Crippen molar-refractivity contribution in [2.24, 2.45) is 40.2 Å². The van der Waals surface area contributed by atoms with Crippen LogP contribution in [0.5, 0.6) is 11.5 Å². The van der Waals surface area contributed by atoms with Crippen molar-refractivity contribution in [1.29, 1.82) is 0 Å². The van der Waals surface area contributed by atoms with Gasteiger partial charge >= 0.3 is 12.1 Å². The van der Waals surface area contributed by atoms with Gasteiger partial charge in [0.05, 0.1) is 23.4 Å². The van der Waals surface area contributed by atoms with Crippen LogP contribution in [0.4, 0.5) is 15.3 Å². The number of benzene rings is 3. The fourth-order valence-corrected chi connectivity index (χ4v) is 13.5. The molecule has 0 unspecified atom stereocenters. The first-order valence-electron chi connectivity index (χ1n) is 26.7. The summed E-state index contributed by atoms with van der Waals surface area (Å²) in [6, 6.07) is 17.1. The Morgan fingerprint density at radius 3 is 1.93 bits per heavy atom. The van der Waals surface area contributed by atoms with Crippen LogP contribution < -0.4 is 37.1 Å². The average molecular weight is 1020 g/mol. The number of nitrogens with one attached hydrogen (secondary N) is 5. The van der Waals surface area contributed by atoms with Gasteiger partial charge in [-0.15, -0.1) is 0 Å². The normalized spacial score (nSPS) is 25.5. The number of ether oxygens (including phenoxy) is 2. The van der Waals surface area contributed by atoms with Crippen LogP contribution in [0, 0.1) is 34.5 Å². The maximum atomic E-state index is 14.6. The maximum absolute atomic E-state index is 14.6. The van der Waals surface area contributed by atoms with Crippen LogP contribution >= 0.6 is 0 Å². The first-order valence-corrected chi connectivity index (χ1v) is 26.7. The van der Waals surface area contributed by atoms with Crippen LogP contribution in [0.25, 0.3) is 0 Å². The molecule has 0 aliphatic heterocycles. The van der Waals surface area contributed by atoms with Gasteiger partial charge in [-0.2, -0.15) is 0 Å². The number of fused-ring (bicyclic) bond motifs is 6. The summed E-state index contributed by atoms with van der Waals surface area (Å²) < 4.78 is 11.6. The second-order valence-corrected chi connectivity index (χ2v) is 22.8. The van der Waals surface area contributed by atoms with E-state index in [0.717, 1.165) is 62.5 Å². The number of ketones is 1. The van der Waals surface area contributed by atoms with Crippen LogP contribution in [-0.4, -0.2) is 72.4 Å². The van der Waals surface area contributed by atoms with E-state index in [9.17, 15) is 38.7 Å². The van der Waals surface area contributed by atoms with Crippen molar-refractivity contribution in [3.8, 4) is 11.5 Å². The predicted molar refractivity (Wildman–Crippen MR) is 281 cm³/mol. The number of alkyl carbamates (subject to hydrolysis) is 1. The molecule has 3 aromatic carbocycles. The zero-order valence-electron chi connectivity index (χ0n) is 44.4. The van der Waals surface area contributed by atoms with Crippen LogP contribution in [-0.2, 0) is 59.0 Å². The van der Waals surface area contributed by atoms with Crippen LogP contribution in [0.2, 0.25) is 0 Å². The van der Waals surface area contributed by atoms with Gasteiger partial charge in [-0.05, 0) is 157 Å². The number of aryl methyl sites for hydroxylation is 2. The van der Waals surface area contributed by atoms with Gasteiger partial charge in [-0.3, -0.25) is 29.3 Å². The van der Waals surface area contributed by atoms with E-state index in [4.69, 9.17) is 15.2 Å². The molecule has 8 N–H and O–H groups in total. The molecule has 0 bridgehead atoms. The summed E-state index contributed by atoms with van der Waals surface area (Å²) >= 11 is 0. The number of amides is 7. The molecule has 16 nitrogen and oxygen atoms in total. The molecule has 0 saturated heterocycles. The Morgan fingerprint density at radius 1 is 0.757 bits per heavy atom. The van der Waals surface area contributed by atoms with E-state index in [1.165, 1.54) is 18.1 Å². The number of urea groups is 1. The molecule has 8 atom stereocenters. The minimum Gasteiger partial charge on any atom is -0.508 e. The molecular formula is C58H78N6O10. The van der Waals surface area contributed by atoms with Gasteiger partial charge in [-0.1, -0.05) is 78.6 Å². The van der Waals surface area contributed by atoms with Crippen LogP contribution in [0.1, 0.15) is 147 Å². The minimum atomic E-state index is -0.757. The Bertz CT molecular complexity index is 2600. The van der Waals surface area contributed by atoms with E-state index in [2.05, 4.69) is 59.5 Å². The van der Waals surface area contributed by atoms with Crippen LogP contribution in [0.3, 0.4) is 0 Å². The molecular weight excluding hydrogens is 941 g/mol. The zero-order valence-corrected chi connectivity index (χ0v) is 44.4. The third-order valence-corrected chi connectivity index (χ3v) is 17.4. The van der Waals surface area contributed by atoms with Gasteiger partial charge < -0.3 is 41.6 Å². The van der Waals surface area contributed by atoms with Crippen LogP contribution in [0.15, 0.2) is 60.7 Å². The van der Waals surface area contributed by atoms with E-state index < -0.39 is 34.9 Å². The molecule has 7 amide bonds. The first kappa shape index (κ1) is 55.3. The number of carbonyl (C=O) groups is 7. The summed E-state index contributed by atoms with van der Waals surface area (Å²) in [5.74, 6) is -1.32. The number of carbonyl (C=O) groups excluding carboxylic acids is 7. The highest BCUT2D eigenvalue weighted by atomic mass is 16.5. The molecule has 0 radical (unpaired) electrons. The number of hydrogen-bond donors (Lipinski definition) is 7. The number of primary amides is 1. The van der Waals surface area contributed by atoms with E-state index in [1.807, 2.05) is 39.0 Å². The van der Waals surface area contributed by atoms with Crippen molar-refractivity contribution in [3.05, 3.63) is 88.5 Å². The molecule has 3 aromatic rings. The summed E-state index contributed by atoms with van der Waals surface area (Å²) in [5.41, 5.74) is 9.01. The van der Waals surface area contributed by atoms with Crippen molar-refractivity contribution in [2.75, 3.05) is 25.0 Å². The highest BCUT2D eigenvalue weighted by Crippen LogP contribution is 2.60. The van der Waals surface area contributed by atoms with Gasteiger partial charge in [0.2, 0.25) is 23.6 Å². The van der Waals surface area contributed by atoms with E-state index in [1.54, 1.807) is 30.3 Å². The molecule has 0 heterocycles. The Balaban J connectivity index is 0.894. The molecule has 2 saturated carbocycles. The van der Waals surface area contributed by atoms with Crippen molar-refractivity contribution >= 4 is 47.2 Å². The van der Waals surface area contributed by atoms with Crippen molar-refractivity contribution < 1.29 is 48.1 Å². The smallest absolute Gasteiger partial charge is 0.407 e. The highest BCUT2D eigenvalue weighted by molar-refractivity contribution is 6.01. The van der Waals surface area contributed by atoms with Gasteiger partial charge in [0, 0.05) is 31.5 Å². The number of phenolic OH excluding ortho intramolecular Hbond substituents is 1. The SMILES string of the molecule is CC(=O)N[C@H](C(=O)C[C@@H](CCCNC(N)=O)C(=O)Nc1ccc(COC(=O)NCCOc2ccc3c(c2)[C@@]2(C)CCC[C@](C)(C(=O)NC(=O)[C@@]4(C)CCC[C@]5(C)c6cc(O)ccc6CC[C@@H]45)[C@@H]2CC3)cc1)C(C)C. The summed E-state index contributed by atoms with van der Waals surface area (Å²) in [4.78, 5) is 91.6. The third-order valence-electron chi connectivity index (χ3n) is 17.4. The summed E-state index contributed by atoms with van der Waals surface area (Å²) in [6.07, 6.45) is 8.25. The monoisotopic (exact) mass is 1020 g/mol. The Hall–Kier alpha value is -6.45. The standard InChI is InChI=1S/C58H78N6O10/c1-35(2)49(62-36(3)65)46(67)31-40(11-8-28-60-53(59)71)50(68)63-41-18-12-37(13-19-41)34-74-54(72)61-29-30-73-43-21-15-39-17-23-48-56(5,45(39)33-43)25-10-27-58(48,7)52(70)64-51(69)57(6)26-9-24-55(4)44-32-42(66)20-14-38(44)16-22-47(55)57/h12-15,18-21,32-33,35,40,47-49,66H,8-11,16-17,22-31,34H2,1-7H3,(H,61,72)(H,62,65)(H,63,68)(H3,59,60,71)(H,64,69,70)/t40-,47-,48-,49+,55-,56-,57+,58+/m1/s1. The van der Waals surface area contributed by atoms with Gasteiger partial charge in [-0.25, -0.2) is 9.59 Å². The van der Waals surface area contributed by atoms with Gasteiger partial charge in [0.25, 0.3) is 0 Å². The predicted octanol–water partition coefficient (Wildman–Crippen LogP) is 8.18. The van der Waals surface area contributed by atoms with Crippen molar-refractivity contribution in [2.45, 2.75) is 155 Å². The Labute approximate surface area is 435 Å². The lowest BCUT2D eigenvalue weighted by molar-refractivity contribution is -0.150. The molecule has 7 rings (SSSR count). The number of imide groups is 1. The highest BCUT2D eigenvalue weighted by Gasteiger charge is 2.58. The topological polar surface area (TPSA) is 244 Å². The molecule has 74 heavy (non-hydrogen) atoms. The number of Topliss-reactive ketones (excluding diaryl/α,β-unsaturated/α-hetero) is 1. The molecule has 400 valence electrons. The molecule has 4 aliphatic carbocycles. The average Bonchev–Trinajstić information content (AvgIpc) is 3.35. The summed E-state index contributed by atoms with van der Waals surface area (Å²) in [6.45, 7) is 14.2. The zero-order chi connectivity index (χ0) is 53.6. The number of nitrogens with two attached hydrogens (primary N) is 1. The second kappa shape index (κ2) is 23.0. The van der Waals surface area contributed by atoms with Crippen molar-refractivity contribution in [3.63, 3.8) is 0 Å². The lowest BCUT2D eigenvalue weighted by Crippen LogP contribution is -2.60. The third kappa shape index (κ3) is 12.1. The summed E-state index contributed by atoms with van der Waals surface area (Å²) in [5, 5.41) is 24.3. The fourth-order valence-electron chi connectivity index (χ4n) is 13.5. The number of hydrogen-bond acceptors (Lipinski definition) is 10. The number of rotatable bonds is 19. The van der Waals surface area contributed by atoms with Gasteiger partial charge in [0.1, 0.15) is 24.7 Å². The minimum absolute atomic E-state index is 0.00398. The second-order valence-electron chi connectivity index (χ2n) is 22.8. The fraction of sp³-hybridized carbons (Fsp3) is 0.569. The van der Waals surface area contributed by atoms with E-state index >= 15 is 0 Å². The van der Waals surface area contributed by atoms with Crippen molar-refractivity contribution in [1.82, 2.24) is 21.3 Å². The van der Waals surface area contributed by atoms with Gasteiger partial charge in [0.15, 0.2) is 5.78 Å². The Morgan fingerprint density at radius 2 is 1.35 bits per heavy atom. The molecule has 0 spiro atoms. The summed E-state index contributed by atoms with van der Waals surface area (Å²) in [7, 11) is 0. The quantitative estimate of drug-likeness (QED) is 0.0448. The number of anilines is 1. The molecule has 4 aliphatic rings. The van der Waals surface area contributed by atoms with E-state index in [0.29, 0.717) is 42.7 Å². The number of aromatic hydroxyl groups is 1. The van der Waals surface area contributed by atoms with E-state index in [-0.39, 0.29) is 96.5 Å². The molecule has 2 fully saturated rings.